The zero-order chi connectivity index (χ0) is 24.1. The van der Waals surface area contributed by atoms with Gasteiger partial charge in [0.1, 0.15) is 0 Å². The molecule has 4 rings (SSSR count). The highest BCUT2D eigenvalue weighted by molar-refractivity contribution is 5.80. The highest BCUT2D eigenvalue weighted by Gasteiger charge is 2.32. The molecule has 1 aliphatic carbocycles. The van der Waals surface area contributed by atoms with E-state index in [-0.39, 0.29) is 11.6 Å². The Hall–Kier alpha value is -2.58. The van der Waals surface area contributed by atoms with Gasteiger partial charge in [-0.25, -0.2) is 4.68 Å². The maximum Gasteiger partial charge on any atom is 0.252 e. The van der Waals surface area contributed by atoms with Crippen molar-refractivity contribution < 1.29 is 4.74 Å². The molecule has 0 saturated heterocycles. The summed E-state index contributed by atoms with van der Waals surface area (Å²) in [6.07, 6.45) is 7.96. The molecule has 1 saturated carbocycles. The molecule has 0 amide bonds. The van der Waals surface area contributed by atoms with E-state index >= 15 is 0 Å². The maximum absolute atomic E-state index is 13.2. The first-order valence-electron chi connectivity index (χ1n) is 12.7. The third kappa shape index (κ3) is 5.39. The summed E-state index contributed by atoms with van der Waals surface area (Å²) < 4.78 is 7.15. The number of nitrogens with zero attached hydrogens (tertiary/aromatic N) is 5. The number of hydrogen-bond donors (Lipinski definition) is 1. The van der Waals surface area contributed by atoms with Crippen molar-refractivity contribution in [3.05, 3.63) is 51.1 Å². The van der Waals surface area contributed by atoms with Gasteiger partial charge in [-0.1, -0.05) is 32.6 Å². The van der Waals surface area contributed by atoms with Gasteiger partial charge in [0, 0.05) is 30.8 Å². The van der Waals surface area contributed by atoms with Gasteiger partial charge in [0.2, 0.25) is 0 Å². The fourth-order valence-corrected chi connectivity index (χ4v) is 5.25. The van der Waals surface area contributed by atoms with Gasteiger partial charge in [-0.05, 0) is 78.2 Å². The first-order valence-corrected chi connectivity index (χ1v) is 12.7. The molecule has 0 unspecified atom stereocenters. The van der Waals surface area contributed by atoms with Crippen molar-refractivity contribution in [1.82, 2.24) is 30.1 Å². The van der Waals surface area contributed by atoms with E-state index in [1.165, 1.54) is 30.4 Å². The highest BCUT2D eigenvalue weighted by Crippen LogP contribution is 2.33. The summed E-state index contributed by atoms with van der Waals surface area (Å²) in [5.41, 5.74) is 4.11. The van der Waals surface area contributed by atoms with Crippen molar-refractivity contribution in [3.8, 4) is 0 Å². The number of fused-ring (bicyclic) bond motifs is 1. The number of aryl methyl sites for hydroxylation is 2. The lowest BCUT2D eigenvalue weighted by Gasteiger charge is -2.39. The number of rotatable bonds is 10. The number of hydrogen-bond acceptors (Lipinski definition) is 6. The Morgan fingerprint density at radius 2 is 1.94 bits per heavy atom. The molecule has 2 aromatic heterocycles. The first kappa shape index (κ1) is 24.5. The van der Waals surface area contributed by atoms with Crippen LogP contribution < -0.4 is 5.56 Å². The van der Waals surface area contributed by atoms with Gasteiger partial charge in [-0.15, -0.1) is 5.10 Å². The monoisotopic (exact) mass is 466 g/mol. The quantitative estimate of drug-likeness (QED) is 0.475. The van der Waals surface area contributed by atoms with Crippen molar-refractivity contribution in [3.63, 3.8) is 0 Å². The van der Waals surface area contributed by atoms with Crippen LogP contribution in [0.5, 0.6) is 0 Å². The summed E-state index contributed by atoms with van der Waals surface area (Å²) in [5.74, 6) is 0.869. The Kier molecular flexibility index (Phi) is 8.11. The van der Waals surface area contributed by atoms with Crippen LogP contribution in [-0.4, -0.2) is 49.8 Å². The van der Waals surface area contributed by atoms with Crippen LogP contribution in [0.3, 0.4) is 0 Å². The number of methoxy groups -OCH3 is 1. The Labute approximate surface area is 201 Å². The molecule has 0 bridgehead atoms. The van der Waals surface area contributed by atoms with Crippen LogP contribution in [0.4, 0.5) is 0 Å². The van der Waals surface area contributed by atoms with Gasteiger partial charge in [0.05, 0.1) is 19.2 Å². The summed E-state index contributed by atoms with van der Waals surface area (Å²) in [5, 5.41) is 13.8. The van der Waals surface area contributed by atoms with E-state index in [4.69, 9.17) is 4.74 Å². The van der Waals surface area contributed by atoms with Crippen LogP contribution in [0.1, 0.15) is 80.4 Å². The summed E-state index contributed by atoms with van der Waals surface area (Å²) in [6, 6.07) is 6.78. The highest BCUT2D eigenvalue weighted by atomic mass is 16.5. The first-order chi connectivity index (χ1) is 16.5. The second kappa shape index (κ2) is 11.2. The lowest BCUT2D eigenvalue weighted by molar-refractivity contribution is 0.0795. The molecular formula is C26H38N6O2. The average molecular weight is 467 g/mol. The van der Waals surface area contributed by atoms with Crippen LogP contribution >= 0.6 is 0 Å². The molecule has 3 aromatic rings. The number of pyridine rings is 1. The second-order valence-electron chi connectivity index (χ2n) is 9.67. The number of tetrazole rings is 1. The minimum Gasteiger partial charge on any atom is -0.383 e. The molecule has 34 heavy (non-hydrogen) atoms. The van der Waals surface area contributed by atoms with E-state index in [9.17, 15) is 4.79 Å². The topological polar surface area (TPSA) is 88.9 Å². The van der Waals surface area contributed by atoms with Crippen molar-refractivity contribution in [1.29, 1.82) is 0 Å². The SMILES string of the molecule is CCC[C@@H](c1nnnn1CCOC)N(Cc1cc2cc(C)c(C)cc2[nH]c1=O)C1CCCCC1. The number of benzene rings is 1. The molecule has 0 spiro atoms. The molecule has 1 atom stereocenters. The summed E-state index contributed by atoms with van der Waals surface area (Å²) in [4.78, 5) is 18.8. The average Bonchev–Trinajstić information content (AvgIpc) is 3.30. The molecule has 1 fully saturated rings. The second-order valence-corrected chi connectivity index (χ2v) is 9.67. The molecule has 8 heteroatoms. The molecule has 1 aliphatic rings. The minimum atomic E-state index is -0.00853. The van der Waals surface area contributed by atoms with E-state index in [1.54, 1.807) is 7.11 Å². The Balaban J connectivity index is 1.73. The predicted molar refractivity (Wildman–Crippen MR) is 134 cm³/mol. The third-order valence-electron chi connectivity index (χ3n) is 7.26. The van der Waals surface area contributed by atoms with Crippen LogP contribution in [0.25, 0.3) is 10.9 Å². The fourth-order valence-electron chi connectivity index (χ4n) is 5.25. The standard InChI is InChI=1S/C26H38N6O2/c1-5-9-24(25-28-29-30-32(25)12-13-34-4)31(22-10-7-6-8-11-22)17-21-16-20-14-18(2)19(3)15-23(20)27-26(21)33/h14-16,22,24H,5-13,17H2,1-4H3,(H,27,33)/t24-/m0/s1. The van der Waals surface area contributed by atoms with Gasteiger partial charge in [-0.3, -0.25) is 9.69 Å². The van der Waals surface area contributed by atoms with Gasteiger partial charge in [0.25, 0.3) is 5.56 Å². The molecule has 8 nitrogen and oxygen atoms in total. The number of ether oxygens (including phenoxy) is 1. The Morgan fingerprint density at radius 3 is 2.68 bits per heavy atom. The van der Waals surface area contributed by atoms with E-state index in [2.05, 4.69) is 64.4 Å². The normalized spacial score (nSPS) is 15.9. The minimum absolute atomic E-state index is 0.00853. The van der Waals surface area contributed by atoms with Crippen LogP contribution in [0, 0.1) is 13.8 Å². The van der Waals surface area contributed by atoms with Gasteiger partial charge in [0.15, 0.2) is 5.82 Å². The van der Waals surface area contributed by atoms with Gasteiger partial charge >= 0.3 is 0 Å². The molecule has 2 heterocycles. The Morgan fingerprint density at radius 1 is 1.18 bits per heavy atom. The lowest BCUT2D eigenvalue weighted by Crippen LogP contribution is -2.41. The van der Waals surface area contributed by atoms with Crippen LogP contribution in [-0.2, 0) is 17.8 Å². The summed E-state index contributed by atoms with van der Waals surface area (Å²) >= 11 is 0. The number of aromatic amines is 1. The number of H-pyrrole nitrogens is 1. The van der Waals surface area contributed by atoms with Crippen molar-refractivity contribution in [2.24, 2.45) is 0 Å². The molecular weight excluding hydrogens is 428 g/mol. The van der Waals surface area contributed by atoms with Crippen molar-refractivity contribution >= 4 is 10.9 Å². The summed E-state index contributed by atoms with van der Waals surface area (Å²) in [6.45, 7) is 8.16. The summed E-state index contributed by atoms with van der Waals surface area (Å²) in [7, 11) is 1.69. The molecule has 1 N–H and O–H groups in total. The van der Waals surface area contributed by atoms with Crippen molar-refractivity contribution in [2.45, 2.75) is 90.9 Å². The molecule has 1 aromatic carbocycles. The smallest absolute Gasteiger partial charge is 0.252 e. The van der Waals surface area contributed by atoms with Gasteiger partial charge < -0.3 is 9.72 Å². The maximum atomic E-state index is 13.2. The Bertz CT molecular complexity index is 1150. The van der Waals surface area contributed by atoms with E-state index < -0.39 is 0 Å². The fraction of sp³-hybridized carbons (Fsp3) is 0.615. The molecule has 184 valence electrons. The number of aromatic nitrogens is 5. The lowest BCUT2D eigenvalue weighted by atomic mass is 9.91. The van der Waals surface area contributed by atoms with Gasteiger partial charge in [-0.2, -0.15) is 0 Å². The zero-order valence-electron chi connectivity index (χ0n) is 21.0. The van der Waals surface area contributed by atoms with E-state index in [1.807, 2.05) is 4.68 Å². The largest absolute Gasteiger partial charge is 0.383 e. The van der Waals surface area contributed by atoms with Crippen LogP contribution in [0.2, 0.25) is 0 Å². The zero-order valence-corrected chi connectivity index (χ0v) is 21.0. The van der Waals surface area contributed by atoms with E-state index in [0.29, 0.717) is 25.7 Å². The number of nitrogens with one attached hydrogen (secondary N) is 1. The third-order valence-corrected chi connectivity index (χ3v) is 7.26. The molecule has 0 radical (unpaired) electrons. The van der Waals surface area contributed by atoms with Crippen LogP contribution in [0.15, 0.2) is 23.0 Å². The van der Waals surface area contributed by atoms with Crippen molar-refractivity contribution in [2.75, 3.05) is 13.7 Å². The molecule has 0 aliphatic heterocycles. The van der Waals surface area contributed by atoms with E-state index in [0.717, 1.165) is 48.0 Å². The predicted octanol–water partition coefficient (Wildman–Crippen LogP) is 4.45.